The molecule has 0 spiro atoms. The van der Waals surface area contributed by atoms with E-state index in [0.717, 1.165) is 29.9 Å². The molecule has 0 aliphatic heterocycles. The number of urea groups is 1. The van der Waals surface area contributed by atoms with Crippen LogP contribution in [0.25, 0.3) is 11.4 Å². The minimum Gasteiger partial charge on any atom is -0.495 e. The molecule has 1 saturated carbocycles. The number of benzene rings is 2. The number of anilines is 2. The molecular formula is C21H22N4O3. The molecule has 2 aromatic carbocycles. The molecule has 0 saturated heterocycles. The van der Waals surface area contributed by atoms with Crippen LogP contribution >= 0.6 is 0 Å². The van der Waals surface area contributed by atoms with E-state index >= 15 is 0 Å². The summed E-state index contributed by atoms with van der Waals surface area (Å²) in [6.45, 7) is 1.95. The van der Waals surface area contributed by atoms with Gasteiger partial charge in [0.2, 0.25) is 11.7 Å². The molecule has 1 aromatic heterocycles. The van der Waals surface area contributed by atoms with Crippen LogP contribution in [0.1, 0.15) is 36.6 Å². The Balaban J connectivity index is 1.41. The molecule has 2 N–H and O–H groups in total. The Kier molecular flexibility index (Phi) is 4.97. The number of nitrogens with zero attached hydrogens (tertiary/aromatic N) is 2. The molecular weight excluding hydrogens is 356 g/mol. The maximum absolute atomic E-state index is 12.3. The van der Waals surface area contributed by atoms with E-state index in [1.807, 2.05) is 49.4 Å². The Morgan fingerprint density at radius 1 is 1.14 bits per heavy atom. The van der Waals surface area contributed by atoms with Gasteiger partial charge in [-0.15, -0.1) is 0 Å². The van der Waals surface area contributed by atoms with Crippen molar-refractivity contribution in [1.29, 1.82) is 0 Å². The van der Waals surface area contributed by atoms with Gasteiger partial charge in [-0.3, -0.25) is 0 Å². The Morgan fingerprint density at radius 2 is 1.93 bits per heavy atom. The van der Waals surface area contributed by atoms with Crippen LogP contribution in [0.5, 0.6) is 5.75 Å². The highest BCUT2D eigenvalue weighted by molar-refractivity contribution is 6.00. The van der Waals surface area contributed by atoms with E-state index in [-0.39, 0.29) is 6.03 Å². The normalized spacial score (nSPS) is 13.6. The molecule has 0 bridgehead atoms. The first-order valence-electron chi connectivity index (χ1n) is 9.29. The minimum absolute atomic E-state index is 0.344. The zero-order valence-electron chi connectivity index (χ0n) is 15.9. The van der Waals surface area contributed by atoms with Gasteiger partial charge in [0.1, 0.15) is 5.75 Å². The van der Waals surface area contributed by atoms with E-state index in [1.165, 1.54) is 6.42 Å². The van der Waals surface area contributed by atoms with Crippen LogP contribution in [-0.2, 0) is 0 Å². The third-order valence-electron chi connectivity index (χ3n) is 4.90. The fourth-order valence-electron chi connectivity index (χ4n) is 3.08. The first-order valence-corrected chi connectivity index (χ1v) is 9.29. The van der Waals surface area contributed by atoms with Crippen molar-refractivity contribution in [2.24, 2.45) is 0 Å². The number of aromatic nitrogens is 2. The lowest BCUT2D eigenvalue weighted by atomic mass is 9.85. The summed E-state index contributed by atoms with van der Waals surface area (Å²) in [5, 5.41) is 9.69. The van der Waals surface area contributed by atoms with Gasteiger partial charge < -0.3 is 19.9 Å². The molecule has 0 unspecified atom stereocenters. The lowest BCUT2D eigenvalue weighted by Gasteiger charge is -2.20. The molecule has 0 atom stereocenters. The van der Waals surface area contributed by atoms with Crippen molar-refractivity contribution in [3.8, 4) is 17.1 Å². The van der Waals surface area contributed by atoms with Crippen LogP contribution in [0.15, 0.2) is 47.0 Å². The van der Waals surface area contributed by atoms with Crippen molar-refractivity contribution < 1.29 is 14.1 Å². The average molecular weight is 378 g/mol. The number of hydrogen-bond acceptors (Lipinski definition) is 5. The largest absolute Gasteiger partial charge is 0.495 e. The summed E-state index contributed by atoms with van der Waals surface area (Å²) >= 11 is 0. The minimum atomic E-state index is -0.344. The summed E-state index contributed by atoms with van der Waals surface area (Å²) in [6.07, 6.45) is 3.45. The van der Waals surface area contributed by atoms with Crippen LogP contribution in [-0.4, -0.2) is 23.3 Å². The van der Waals surface area contributed by atoms with Crippen molar-refractivity contribution in [2.75, 3.05) is 17.7 Å². The standard InChI is InChI=1S/C21H22N4O3/c1-13-6-11-18(27-2)17(12-13)23-21(26)22-16-9-7-14(8-10-16)19-24-20(28-25-19)15-4-3-5-15/h6-12,15H,3-5H2,1-2H3,(H2,22,23,26). The van der Waals surface area contributed by atoms with Gasteiger partial charge in [-0.1, -0.05) is 17.6 Å². The maximum atomic E-state index is 12.3. The van der Waals surface area contributed by atoms with Crippen LogP contribution in [0.2, 0.25) is 0 Å². The molecule has 4 rings (SSSR count). The average Bonchev–Trinajstić information content (AvgIpc) is 3.10. The van der Waals surface area contributed by atoms with Crippen molar-refractivity contribution in [1.82, 2.24) is 10.1 Å². The Hall–Kier alpha value is -3.35. The third-order valence-corrected chi connectivity index (χ3v) is 4.90. The number of ether oxygens (including phenoxy) is 1. The number of carbonyl (C=O) groups is 1. The van der Waals surface area contributed by atoms with Crippen LogP contribution in [0.4, 0.5) is 16.2 Å². The number of methoxy groups -OCH3 is 1. The predicted octanol–water partition coefficient (Wildman–Crippen LogP) is 4.97. The second kappa shape index (κ2) is 7.72. The van der Waals surface area contributed by atoms with E-state index in [4.69, 9.17) is 9.26 Å². The lowest BCUT2D eigenvalue weighted by molar-refractivity contribution is 0.262. The molecule has 2 amide bonds. The molecule has 1 fully saturated rings. The fourth-order valence-corrected chi connectivity index (χ4v) is 3.08. The molecule has 3 aromatic rings. The van der Waals surface area contributed by atoms with Gasteiger partial charge >= 0.3 is 6.03 Å². The highest BCUT2D eigenvalue weighted by atomic mass is 16.5. The monoisotopic (exact) mass is 378 g/mol. The second-order valence-corrected chi connectivity index (χ2v) is 6.94. The lowest BCUT2D eigenvalue weighted by Crippen LogP contribution is -2.19. The highest BCUT2D eigenvalue weighted by Gasteiger charge is 2.25. The molecule has 7 nitrogen and oxygen atoms in total. The summed E-state index contributed by atoms with van der Waals surface area (Å²) in [5.74, 6) is 2.30. The van der Waals surface area contributed by atoms with E-state index < -0.39 is 0 Å². The predicted molar refractivity (Wildman–Crippen MR) is 107 cm³/mol. The van der Waals surface area contributed by atoms with E-state index in [9.17, 15) is 4.79 Å². The van der Waals surface area contributed by atoms with Crippen molar-refractivity contribution in [3.05, 3.63) is 53.9 Å². The maximum Gasteiger partial charge on any atom is 0.323 e. The second-order valence-electron chi connectivity index (χ2n) is 6.94. The van der Waals surface area contributed by atoms with Gasteiger partial charge in [-0.25, -0.2) is 4.79 Å². The van der Waals surface area contributed by atoms with Crippen LogP contribution < -0.4 is 15.4 Å². The Morgan fingerprint density at radius 3 is 2.61 bits per heavy atom. The SMILES string of the molecule is COc1ccc(C)cc1NC(=O)Nc1ccc(-c2noc(C3CCC3)n2)cc1. The summed E-state index contributed by atoms with van der Waals surface area (Å²) in [5.41, 5.74) is 3.16. The smallest absolute Gasteiger partial charge is 0.323 e. The number of carbonyl (C=O) groups excluding carboxylic acids is 1. The first-order chi connectivity index (χ1) is 13.6. The zero-order chi connectivity index (χ0) is 19.5. The summed E-state index contributed by atoms with van der Waals surface area (Å²) in [4.78, 5) is 16.8. The van der Waals surface area contributed by atoms with Crippen molar-refractivity contribution >= 4 is 17.4 Å². The molecule has 1 heterocycles. The van der Waals surface area contributed by atoms with E-state index in [2.05, 4.69) is 20.8 Å². The van der Waals surface area contributed by atoms with Gasteiger partial charge in [-0.05, 0) is 61.7 Å². The first kappa shape index (κ1) is 18.0. The van der Waals surface area contributed by atoms with Gasteiger partial charge in [-0.2, -0.15) is 4.98 Å². The molecule has 28 heavy (non-hydrogen) atoms. The number of amides is 2. The van der Waals surface area contributed by atoms with Gasteiger partial charge in [0.15, 0.2) is 0 Å². The third kappa shape index (κ3) is 3.83. The molecule has 0 radical (unpaired) electrons. The molecule has 1 aliphatic rings. The van der Waals surface area contributed by atoms with Crippen molar-refractivity contribution in [3.63, 3.8) is 0 Å². The summed E-state index contributed by atoms with van der Waals surface area (Å²) in [6, 6.07) is 12.6. The quantitative estimate of drug-likeness (QED) is 0.655. The topological polar surface area (TPSA) is 89.3 Å². The highest BCUT2D eigenvalue weighted by Crippen LogP contribution is 2.36. The summed E-state index contributed by atoms with van der Waals surface area (Å²) in [7, 11) is 1.57. The van der Waals surface area contributed by atoms with E-state index in [0.29, 0.717) is 28.9 Å². The fraction of sp³-hybridized carbons (Fsp3) is 0.286. The number of nitrogens with one attached hydrogen (secondary N) is 2. The van der Waals surface area contributed by atoms with Gasteiger partial charge in [0.05, 0.1) is 12.8 Å². The van der Waals surface area contributed by atoms with Gasteiger partial charge in [0, 0.05) is 17.2 Å². The van der Waals surface area contributed by atoms with Gasteiger partial charge in [0.25, 0.3) is 0 Å². The number of rotatable bonds is 5. The molecule has 7 heteroatoms. The van der Waals surface area contributed by atoms with E-state index in [1.54, 1.807) is 7.11 Å². The van der Waals surface area contributed by atoms with Crippen LogP contribution in [0, 0.1) is 6.92 Å². The Bertz CT molecular complexity index is 978. The summed E-state index contributed by atoms with van der Waals surface area (Å²) < 4.78 is 10.6. The Labute approximate surface area is 163 Å². The van der Waals surface area contributed by atoms with Crippen LogP contribution in [0.3, 0.4) is 0 Å². The number of hydrogen-bond donors (Lipinski definition) is 2. The molecule has 1 aliphatic carbocycles. The zero-order valence-corrected chi connectivity index (χ0v) is 15.9. The number of aryl methyl sites for hydroxylation is 1. The molecule has 144 valence electrons. The van der Waals surface area contributed by atoms with Crippen molar-refractivity contribution in [2.45, 2.75) is 32.1 Å².